The molecule has 1 aliphatic rings. The summed E-state index contributed by atoms with van der Waals surface area (Å²) in [7, 11) is 1.64. The van der Waals surface area contributed by atoms with Gasteiger partial charge in [-0.3, -0.25) is 14.3 Å². The second-order valence-corrected chi connectivity index (χ2v) is 6.56. The van der Waals surface area contributed by atoms with Crippen LogP contribution in [-0.2, 0) is 22.6 Å². The maximum Gasteiger partial charge on any atom is 0.242 e. The first-order valence-corrected chi connectivity index (χ1v) is 8.73. The van der Waals surface area contributed by atoms with Crippen molar-refractivity contribution in [1.82, 2.24) is 20.0 Å². The van der Waals surface area contributed by atoms with E-state index in [9.17, 15) is 9.59 Å². The lowest BCUT2D eigenvalue weighted by Crippen LogP contribution is -2.39. The second-order valence-electron chi connectivity index (χ2n) is 6.56. The number of aryl methyl sites for hydroxylation is 1. The lowest BCUT2D eigenvalue weighted by molar-refractivity contribution is -0.127. The Hall–Kier alpha value is -2.83. The molecular formula is C19H24N4O3. The molecular weight excluding hydrogens is 332 g/mol. The fraction of sp³-hybridized carbons (Fsp3) is 0.421. The van der Waals surface area contributed by atoms with Crippen molar-refractivity contribution >= 4 is 11.8 Å². The number of nitrogens with one attached hydrogen (secondary N) is 1. The van der Waals surface area contributed by atoms with E-state index in [2.05, 4.69) is 10.4 Å². The zero-order valence-corrected chi connectivity index (χ0v) is 15.1. The SMILES string of the molecule is COc1ccc(CCN2C[C@H](NC(=O)Cn3ccc(C)n3)CC2=O)cc1. The number of amides is 2. The van der Waals surface area contributed by atoms with Gasteiger partial charge >= 0.3 is 0 Å². The molecule has 0 unspecified atom stereocenters. The summed E-state index contributed by atoms with van der Waals surface area (Å²) in [5.74, 6) is 0.780. The van der Waals surface area contributed by atoms with Crippen LogP contribution in [0.15, 0.2) is 36.5 Å². The van der Waals surface area contributed by atoms with E-state index < -0.39 is 0 Å². The fourth-order valence-electron chi connectivity index (χ4n) is 3.11. The number of hydrogen-bond acceptors (Lipinski definition) is 4. The van der Waals surface area contributed by atoms with Gasteiger partial charge in [0, 0.05) is 25.7 Å². The number of nitrogens with zero attached hydrogens (tertiary/aromatic N) is 3. The topological polar surface area (TPSA) is 76.5 Å². The highest BCUT2D eigenvalue weighted by Crippen LogP contribution is 2.15. The molecule has 2 amide bonds. The average molecular weight is 356 g/mol. The maximum atomic E-state index is 12.2. The molecule has 1 saturated heterocycles. The standard InChI is InChI=1S/C19H24N4O3/c1-14-7-10-23(21-14)13-18(24)20-16-11-19(25)22(12-16)9-8-15-3-5-17(26-2)6-4-15/h3-7,10,16H,8-9,11-13H2,1-2H3,(H,20,24)/t16-/m1/s1. The lowest BCUT2D eigenvalue weighted by Gasteiger charge is -2.17. The van der Waals surface area contributed by atoms with E-state index in [-0.39, 0.29) is 24.4 Å². The van der Waals surface area contributed by atoms with E-state index in [1.54, 1.807) is 18.0 Å². The second kappa shape index (κ2) is 8.03. The minimum Gasteiger partial charge on any atom is -0.497 e. The fourth-order valence-corrected chi connectivity index (χ4v) is 3.11. The Morgan fingerprint density at radius 1 is 1.31 bits per heavy atom. The van der Waals surface area contributed by atoms with Gasteiger partial charge in [0.1, 0.15) is 12.3 Å². The third-order valence-electron chi connectivity index (χ3n) is 4.49. The van der Waals surface area contributed by atoms with Crippen molar-refractivity contribution in [1.29, 1.82) is 0 Å². The number of methoxy groups -OCH3 is 1. The Morgan fingerprint density at radius 3 is 2.73 bits per heavy atom. The van der Waals surface area contributed by atoms with E-state index in [1.807, 2.05) is 42.2 Å². The smallest absolute Gasteiger partial charge is 0.242 e. The minimum atomic E-state index is -0.137. The van der Waals surface area contributed by atoms with Crippen molar-refractivity contribution in [2.45, 2.75) is 32.4 Å². The summed E-state index contributed by atoms with van der Waals surface area (Å²) in [5.41, 5.74) is 2.03. The molecule has 1 aromatic heterocycles. The molecule has 1 atom stereocenters. The Balaban J connectivity index is 1.46. The first-order chi connectivity index (χ1) is 12.5. The molecule has 0 saturated carbocycles. The van der Waals surface area contributed by atoms with Gasteiger partial charge in [0.15, 0.2) is 0 Å². The molecule has 7 heteroatoms. The van der Waals surface area contributed by atoms with Crippen molar-refractivity contribution < 1.29 is 14.3 Å². The molecule has 138 valence electrons. The van der Waals surface area contributed by atoms with Crippen LogP contribution in [0, 0.1) is 6.92 Å². The zero-order chi connectivity index (χ0) is 18.5. The number of hydrogen-bond donors (Lipinski definition) is 1. The van der Waals surface area contributed by atoms with Gasteiger partial charge < -0.3 is 15.0 Å². The molecule has 26 heavy (non-hydrogen) atoms. The van der Waals surface area contributed by atoms with Crippen LogP contribution in [0.3, 0.4) is 0 Å². The molecule has 0 spiro atoms. The highest BCUT2D eigenvalue weighted by Gasteiger charge is 2.30. The quantitative estimate of drug-likeness (QED) is 0.808. The number of ether oxygens (including phenoxy) is 1. The average Bonchev–Trinajstić information content (AvgIpc) is 3.18. The molecule has 1 aliphatic heterocycles. The highest BCUT2D eigenvalue weighted by molar-refractivity contribution is 5.82. The Labute approximate surface area is 152 Å². The molecule has 0 aliphatic carbocycles. The summed E-state index contributed by atoms with van der Waals surface area (Å²) < 4.78 is 6.75. The van der Waals surface area contributed by atoms with E-state index >= 15 is 0 Å². The molecule has 2 aromatic rings. The van der Waals surface area contributed by atoms with Crippen LogP contribution in [0.1, 0.15) is 17.7 Å². The van der Waals surface area contributed by atoms with Crippen LogP contribution in [0.5, 0.6) is 5.75 Å². The highest BCUT2D eigenvalue weighted by atomic mass is 16.5. The van der Waals surface area contributed by atoms with Crippen molar-refractivity contribution in [3.8, 4) is 5.75 Å². The van der Waals surface area contributed by atoms with Crippen molar-refractivity contribution in [2.75, 3.05) is 20.2 Å². The predicted octanol–water partition coefficient (Wildman–Crippen LogP) is 1.16. The van der Waals surface area contributed by atoms with Crippen molar-refractivity contribution in [3.05, 3.63) is 47.8 Å². The molecule has 1 fully saturated rings. The van der Waals surface area contributed by atoms with Crippen LogP contribution < -0.4 is 10.1 Å². The summed E-state index contributed by atoms with van der Waals surface area (Å²) in [5, 5.41) is 7.13. The minimum absolute atomic E-state index is 0.0822. The number of rotatable bonds is 7. The van der Waals surface area contributed by atoms with Gasteiger partial charge in [0.05, 0.1) is 18.8 Å². The van der Waals surface area contributed by atoms with Crippen LogP contribution in [0.4, 0.5) is 0 Å². The van der Waals surface area contributed by atoms with Gasteiger partial charge in [-0.1, -0.05) is 12.1 Å². The molecule has 1 N–H and O–H groups in total. The molecule has 2 heterocycles. The molecule has 3 rings (SSSR count). The van der Waals surface area contributed by atoms with Gasteiger partial charge in [-0.15, -0.1) is 0 Å². The van der Waals surface area contributed by atoms with Crippen LogP contribution in [-0.4, -0.2) is 52.7 Å². The summed E-state index contributed by atoms with van der Waals surface area (Å²) in [6, 6.07) is 9.56. The van der Waals surface area contributed by atoms with Crippen LogP contribution >= 0.6 is 0 Å². The zero-order valence-electron chi connectivity index (χ0n) is 15.1. The normalized spacial score (nSPS) is 16.8. The monoisotopic (exact) mass is 356 g/mol. The summed E-state index contributed by atoms with van der Waals surface area (Å²) in [4.78, 5) is 26.1. The van der Waals surface area contributed by atoms with Crippen LogP contribution in [0.25, 0.3) is 0 Å². The predicted molar refractivity (Wildman–Crippen MR) is 96.8 cm³/mol. The summed E-state index contributed by atoms with van der Waals surface area (Å²) in [6.45, 7) is 3.25. The summed E-state index contributed by atoms with van der Waals surface area (Å²) >= 11 is 0. The Morgan fingerprint density at radius 2 is 2.08 bits per heavy atom. The number of carbonyl (C=O) groups excluding carboxylic acids is 2. The number of aromatic nitrogens is 2. The van der Waals surface area contributed by atoms with Crippen LogP contribution in [0.2, 0.25) is 0 Å². The van der Waals surface area contributed by atoms with Gasteiger partial charge in [0.25, 0.3) is 0 Å². The van der Waals surface area contributed by atoms with E-state index in [0.29, 0.717) is 19.5 Å². The van der Waals surface area contributed by atoms with Gasteiger partial charge in [-0.25, -0.2) is 0 Å². The lowest BCUT2D eigenvalue weighted by atomic mass is 10.1. The first-order valence-electron chi connectivity index (χ1n) is 8.73. The maximum absolute atomic E-state index is 12.2. The largest absolute Gasteiger partial charge is 0.497 e. The third-order valence-corrected chi connectivity index (χ3v) is 4.49. The molecule has 0 bridgehead atoms. The van der Waals surface area contributed by atoms with E-state index in [0.717, 1.165) is 23.4 Å². The Kier molecular flexibility index (Phi) is 5.55. The van der Waals surface area contributed by atoms with Gasteiger partial charge in [0.2, 0.25) is 11.8 Å². The first kappa shape index (κ1) is 18.0. The number of likely N-dealkylation sites (tertiary alicyclic amines) is 1. The molecule has 7 nitrogen and oxygen atoms in total. The third kappa shape index (κ3) is 4.62. The van der Waals surface area contributed by atoms with Gasteiger partial charge in [-0.2, -0.15) is 5.10 Å². The van der Waals surface area contributed by atoms with Gasteiger partial charge in [-0.05, 0) is 37.1 Å². The number of benzene rings is 1. The van der Waals surface area contributed by atoms with Crippen molar-refractivity contribution in [2.24, 2.45) is 0 Å². The molecule has 1 aromatic carbocycles. The summed E-state index contributed by atoms with van der Waals surface area (Å²) in [6.07, 6.45) is 2.91. The Bertz CT molecular complexity index is 769. The van der Waals surface area contributed by atoms with Crippen molar-refractivity contribution in [3.63, 3.8) is 0 Å². The van der Waals surface area contributed by atoms with E-state index in [1.165, 1.54) is 0 Å². The number of carbonyl (C=O) groups is 2. The molecule has 0 radical (unpaired) electrons. The van der Waals surface area contributed by atoms with E-state index in [4.69, 9.17) is 4.74 Å².